The van der Waals surface area contributed by atoms with Gasteiger partial charge in [0.25, 0.3) is 0 Å². The Labute approximate surface area is 167 Å². The maximum atomic E-state index is 13.2. The summed E-state index contributed by atoms with van der Waals surface area (Å²) in [5, 5.41) is 3.19. The SMILES string of the molecule is CC(C)COC(=O)NC[C@]12C=C[C@@H](O1)[C@H]1C(=O)N(c3ccc(Cl)cc3)C(=O)[C@@H]12. The molecule has 4 rings (SSSR count). The first-order valence-corrected chi connectivity index (χ1v) is 9.61. The molecule has 0 aliphatic carbocycles. The summed E-state index contributed by atoms with van der Waals surface area (Å²) in [4.78, 5) is 39.3. The van der Waals surface area contributed by atoms with Gasteiger partial charge in [-0.3, -0.25) is 9.59 Å². The van der Waals surface area contributed by atoms with Crippen molar-refractivity contribution in [2.24, 2.45) is 17.8 Å². The van der Waals surface area contributed by atoms with Gasteiger partial charge in [-0.15, -0.1) is 0 Å². The van der Waals surface area contributed by atoms with Crippen molar-refractivity contribution in [3.8, 4) is 0 Å². The first-order valence-electron chi connectivity index (χ1n) is 9.23. The van der Waals surface area contributed by atoms with Crippen molar-refractivity contribution in [2.45, 2.75) is 25.6 Å². The summed E-state index contributed by atoms with van der Waals surface area (Å²) in [6, 6.07) is 6.56. The number of alkyl carbamates (subject to hydrolysis) is 1. The lowest BCUT2D eigenvalue weighted by Crippen LogP contribution is -2.49. The van der Waals surface area contributed by atoms with Crippen molar-refractivity contribution in [1.82, 2.24) is 5.32 Å². The van der Waals surface area contributed by atoms with Crippen molar-refractivity contribution in [3.63, 3.8) is 0 Å². The van der Waals surface area contributed by atoms with Gasteiger partial charge in [-0.25, -0.2) is 9.69 Å². The van der Waals surface area contributed by atoms with Gasteiger partial charge in [-0.2, -0.15) is 0 Å². The molecule has 2 fully saturated rings. The molecule has 3 amide bonds. The molecule has 3 aliphatic rings. The Kier molecular flexibility index (Phi) is 4.67. The molecule has 7 nitrogen and oxygen atoms in total. The smallest absolute Gasteiger partial charge is 0.407 e. The van der Waals surface area contributed by atoms with Crippen LogP contribution in [0.15, 0.2) is 36.4 Å². The minimum Gasteiger partial charge on any atom is -0.449 e. The molecule has 2 bridgehead atoms. The molecule has 1 N–H and O–H groups in total. The summed E-state index contributed by atoms with van der Waals surface area (Å²) in [6.45, 7) is 4.24. The Balaban J connectivity index is 1.53. The molecule has 3 heterocycles. The number of carbonyl (C=O) groups excluding carboxylic acids is 3. The first-order chi connectivity index (χ1) is 13.3. The van der Waals surface area contributed by atoms with E-state index in [1.54, 1.807) is 36.4 Å². The zero-order chi connectivity index (χ0) is 20.1. The maximum absolute atomic E-state index is 13.2. The van der Waals surface area contributed by atoms with E-state index in [1.165, 1.54) is 4.90 Å². The standard InChI is InChI=1S/C20H21ClN2O5/c1-11(2)9-27-19(26)22-10-20-8-7-14(28-20)15-16(20)18(25)23(17(15)24)13-5-3-12(21)4-6-13/h3-8,11,14-16H,9-10H2,1-2H3,(H,22,26)/t14-,15-,16-,20+/m1/s1. The van der Waals surface area contributed by atoms with Crippen LogP contribution in [0.25, 0.3) is 0 Å². The number of fused-ring (bicyclic) bond motifs is 5. The van der Waals surface area contributed by atoms with Crippen LogP contribution in [0.2, 0.25) is 5.02 Å². The summed E-state index contributed by atoms with van der Waals surface area (Å²) in [7, 11) is 0. The Morgan fingerprint density at radius 2 is 2.00 bits per heavy atom. The third-order valence-electron chi connectivity index (χ3n) is 5.30. The molecule has 3 aliphatic heterocycles. The van der Waals surface area contributed by atoms with Gasteiger partial charge in [-0.1, -0.05) is 37.6 Å². The molecule has 4 atom stereocenters. The van der Waals surface area contributed by atoms with E-state index < -0.39 is 29.6 Å². The fraction of sp³-hybridized carbons (Fsp3) is 0.450. The topological polar surface area (TPSA) is 84.9 Å². The molecule has 148 valence electrons. The van der Waals surface area contributed by atoms with Gasteiger partial charge in [0.15, 0.2) is 0 Å². The molecular weight excluding hydrogens is 384 g/mol. The Hall–Kier alpha value is -2.38. The van der Waals surface area contributed by atoms with Crippen LogP contribution < -0.4 is 10.2 Å². The van der Waals surface area contributed by atoms with Crippen LogP contribution in [0.5, 0.6) is 0 Å². The highest BCUT2D eigenvalue weighted by atomic mass is 35.5. The maximum Gasteiger partial charge on any atom is 0.407 e. The number of ether oxygens (including phenoxy) is 2. The largest absolute Gasteiger partial charge is 0.449 e. The molecule has 0 spiro atoms. The lowest BCUT2D eigenvalue weighted by molar-refractivity contribution is -0.126. The number of carbonyl (C=O) groups is 3. The van der Waals surface area contributed by atoms with Crippen molar-refractivity contribution in [3.05, 3.63) is 41.4 Å². The van der Waals surface area contributed by atoms with Gasteiger partial charge in [0.2, 0.25) is 11.8 Å². The van der Waals surface area contributed by atoms with E-state index in [9.17, 15) is 14.4 Å². The lowest BCUT2D eigenvalue weighted by Gasteiger charge is -2.29. The minimum atomic E-state index is -1.04. The fourth-order valence-corrected chi connectivity index (χ4v) is 4.18. The predicted octanol–water partition coefficient (Wildman–Crippen LogP) is 2.54. The van der Waals surface area contributed by atoms with Crippen LogP contribution in [0, 0.1) is 17.8 Å². The van der Waals surface area contributed by atoms with Crippen LogP contribution in [0.1, 0.15) is 13.8 Å². The lowest BCUT2D eigenvalue weighted by atomic mass is 9.77. The summed E-state index contributed by atoms with van der Waals surface area (Å²) in [5.41, 5.74) is -0.562. The Morgan fingerprint density at radius 3 is 2.68 bits per heavy atom. The van der Waals surface area contributed by atoms with Crippen molar-refractivity contribution >= 4 is 35.2 Å². The van der Waals surface area contributed by atoms with Crippen LogP contribution in [0.3, 0.4) is 0 Å². The number of halogens is 1. The second kappa shape index (κ2) is 6.90. The zero-order valence-corrected chi connectivity index (χ0v) is 16.3. The molecule has 0 aromatic heterocycles. The van der Waals surface area contributed by atoms with E-state index in [0.717, 1.165) is 0 Å². The summed E-state index contributed by atoms with van der Waals surface area (Å²) in [6.07, 6.45) is 2.52. The van der Waals surface area contributed by atoms with Gasteiger partial charge < -0.3 is 14.8 Å². The van der Waals surface area contributed by atoms with Crippen LogP contribution in [-0.4, -0.2) is 42.8 Å². The molecule has 2 saturated heterocycles. The average molecular weight is 405 g/mol. The molecule has 0 radical (unpaired) electrons. The minimum absolute atomic E-state index is 0.0611. The molecule has 1 aromatic rings. The predicted molar refractivity (Wildman–Crippen MR) is 102 cm³/mol. The van der Waals surface area contributed by atoms with E-state index in [-0.39, 0.29) is 24.3 Å². The zero-order valence-electron chi connectivity index (χ0n) is 15.6. The molecule has 1 aromatic carbocycles. The number of hydrogen-bond donors (Lipinski definition) is 1. The molecule has 0 unspecified atom stereocenters. The van der Waals surface area contributed by atoms with E-state index in [1.807, 2.05) is 13.8 Å². The number of nitrogens with one attached hydrogen (secondary N) is 1. The third kappa shape index (κ3) is 2.99. The second-order valence-corrected chi connectivity index (χ2v) is 8.17. The normalized spacial score (nSPS) is 30.3. The highest BCUT2D eigenvalue weighted by molar-refractivity contribution is 6.31. The van der Waals surface area contributed by atoms with Crippen LogP contribution in [0.4, 0.5) is 10.5 Å². The van der Waals surface area contributed by atoms with Crippen LogP contribution in [-0.2, 0) is 19.1 Å². The number of benzene rings is 1. The van der Waals surface area contributed by atoms with E-state index >= 15 is 0 Å². The van der Waals surface area contributed by atoms with Gasteiger partial charge in [0, 0.05) is 5.02 Å². The number of imide groups is 1. The monoisotopic (exact) mass is 404 g/mol. The second-order valence-electron chi connectivity index (χ2n) is 7.73. The van der Waals surface area contributed by atoms with E-state index in [0.29, 0.717) is 17.3 Å². The van der Waals surface area contributed by atoms with Crippen molar-refractivity contribution < 1.29 is 23.9 Å². The molecular formula is C20H21ClN2O5. The van der Waals surface area contributed by atoms with Gasteiger partial charge >= 0.3 is 6.09 Å². The highest BCUT2D eigenvalue weighted by Gasteiger charge is 2.67. The van der Waals surface area contributed by atoms with Gasteiger partial charge in [0.05, 0.1) is 36.8 Å². The number of anilines is 1. The third-order valence-corrected chi connectivity index (χ3v) is 5.55. The van der Waals surface area contributed by atoms with Gasteiger partial charge in [-0.05, 0) is 30.2 Å². The molecule has 28 heavy (non-hydrogen) atoms. The summed E-state index contributed by atoms with van der Waals surface area (Å²) >= 11 is 5.91. The first kappa shape index (κ1) is 19.0. The van der Waals surface area contributed by atoms with Crippen molar-refractivity contribution in [2.75, 3.05) is 18.1 Å². The molecule has 8 heteroatoms. The molecule has 0 saturated carbocycles. The van der Waals surface area contributed by atoms with Crippen molar-refractivity contribution in [1.29, 1.82) is 0 Å². The quantitative estimate of drug-likeness (QED) is 0.602. The van der Waals surface area contributed by atoms with Crippen LogP contribution >= 0.6 is 11.6 Å². The Bertz CT molecular complexity index is 853. The summed E-state index contributed by atoms with van der Waals surface area (Å²) < 4.78 is 11.1. The highest BCUT2D eigenvalue weighted by Crippen LogP contribution is 2.52. The fourth-order valence-electron chi connectivity index (χ4n) is 4.05. The summed E-state index contributed by atoms with van der Waals surface area (Å²) in [5.74, 6) is -1.69. The number of rotatable bonds is 5. The van der Waals surface area contributed by atoms with E-state index in [4.69, 9.17) is 21.1 Å². The number of hydrogen-bond acceptors (Lipinski definition) is 5. The number of amides is 3. The number of nitrogens with zero attached hydrogens (tertiary/aromatic N) is 1. The van der Waals surface area contributed by atoms with E-state index in [2.05, 4.69) is 5.32 Å². The Morgan fingerprint density at radius 1 is 1.29 bits per heavy atom. The van der Waals surface area contributed by atoms with Gasteiger partial charge in [0.1, 0.15) is 5.60 Å². The average Bonchev–Trinajstić information content (AvgIpc) is 3.30.